The number of nitrogens with zero attached hydrogens (tertiary/aromatic N) is 1. The number of hydrogen-bond acceptors (Lipinski definition) is 4. The van der Waals surface area contributed by atoms with E-state index >= 15 is 0 Å². The molecule has 0 aliphatic rings. The Morgan fingerprint density at radius 1 is 1.25 bits per heavy atom. The van der Waals surface area contributed by atoms with Gasteiger partial charge in [0.15, 0.2) is 11.5 Å². The fraction of sp³-hybridized carbons (Fsp3) is 0.0769. The third-order valence-electron chi connectivity index (χ3n) is 2.43. The number of rotatable bonds is 4. The Morgan fingerprint density at radius 3 is 2.60 bits per heavy atom. The topological polar surface area (TPSA) is 74.4 Å². The maximum Gasteiger partial charge on any atom is 0.248 e. The molecule has 1 heterocycles. The molecule has 1 aromatic carbocycles. The molecule has 0 fully saturated rings. The zero-order chi connectivity index (χ0) is 14.7. The number of methoxy groups -OCH3 is 1. The van der Waals surface area contributed by atoms with Gasteiger partial charge < -0.3 is 15.2 Å². The van der Waals surface area contributed by atoms with Gasteiger partial charge in [-0.2, -0.15) is 0 Å². The molecule has 1 aromatic heterocycles. The van der Waals surface area contributed by atoms with Crippen LogP contribution in [0.25, 0.3) is 0 Å². The zero-order valence-electron chi connectivity index (χ0n) is 10.4. The molecule has 0 atom stereocenters. The van der Waals surface area contributed by atoms with Crippen LogP contribution in [0.2, 0.25) is 0 Å². The summed E-state index contributed by atoms with van der Waals surface area (Å²) >= 11 is 6.67. The van der Waals surface area contributed by atoms with Crippen LogP contribution in [0.15, 0.2) is 39.4 Å². The monoisotopic (exact) mass is 400 g/mol. The average molecular weight is 402 g/mol. The molecule has 1 amide bonds. The zero-order valence-corrected chi connectivity index (χ0v) is 13.6. The summed E-state index contributed by atoms with van der Waals surface area (Å²) in [5.41, 5.74) is 5.56. The molecule has 0 aliphatic carbocycles. The van der Waals surface area contributed by atoms with Gasteiger partial charge in [0.25, 0.3) is 0 Å². The summed E-state index contributed by atoms with van der Waals surface area (Å²) in [6.07, 6.45) is 1.62. The quantitative estimate of drug-likeness (QED) is 0.850. The number of nitrogens with two attached hydrogens (primary N) is 1. The molecular formula is C13H10Br2N2O3. The second kappa shape index (κ2) is 6.23. The van der Waals surface area contributed by atoms with Gasteiger partial charge in [0, 0.05) is 16.2 Å². The van der Waals surface area contributed by atoms with E-state index in [0.29, 0.717) is 27.4 Å². The predicted octanol–water partition coefficient (Wildman–Crippen LogP) is 3.51. The first-order chi connectivity index (χ1) is 9.51. The number of benzene rings is 1. The molecule has 7 heteroatoms. The standard InChI is InChI=1S/C13H10Br2N2O3/c1-19-11-4-7(12(16)18)2-3-10(11)20-13-9(15)5-8(14)6-17-13/h2-6H,1H3,(H2,16,18). The highest BCUT2D eigenvalue weighted by Crippen LogP contribution is 2.35. The van der Waals surface area contributed by atoms with Crippen molar-refractivity contribution < 1.29 is 14.3 Å². The summed E-state index contributed by atoms with van der Waals surface area (Å²) in [7, 11) is 1.48. The number of amides is 1. The Kier molecular flexibility index (Phi) is 4.61. The molecule has 0 saturated heterocycles. The number of halogens is 2. The molecule has 20 heavy (non-hydrogen) atoms. The second-order valence-corrected chi connectivity index (χ2v) is 5.54. The molecule has 2 aromatic rings. The molecule has 0 radical (unpaired) electrons. The van der Waals surface area contributed by atoms with E-state index in [4.69, 9.17) is 15.2 Å². The van der Waals surface area contributed by atoms with E-state index in [1.807, 2.05) is 6.07 Å². The van der Waals surface area contributed by atoms with Crippen molar-refractivity contribution in [3.8, 4) is 17.4 Å². The first-order valence-electron chi connectivity index (χ1n) is 5.48. The Hall–Kier alpha value is -1.60. The highest BCUT2D eigenvalue weighted by molar-refractivity contribution is 9.11. The molecule has 2 rings (SSSR count). The predicted molar refractivity (Wildman–Crippen MR) is 81.2 cm³/mol. The van der Waals surface area contributed by atoms with E-state index < -0.39 is 5.91 Å². The summed E-state index contributed by atoms with van der Waals surface area (Å²) in [5, 5.41) is 0. The van der Waals surface area contributed by atoms with E-state index in [2.05, 4.69) is 36.8 Å². The lowest BCUT2D eigenvalue weighted by atomic mass is 10.2. The molecule has 104 valence electrons. The number of carbonyl (C=O) groups is 1. The van der Waals surface area contributed by atoms with Crippen LogP contribution in [-0.2, 0) is 0 Å². The normalized spacial score (nSPS) is 10.2. The molecule has 0 spiro atoms. The van der Waals surface area contributed by atoms with Crippen LogP contribution in [0.3, 0.4) is 0 Å². The van der Waals surface area contributed by atoms with E-state index in [9.17, 15) is 4.79 Å². The first-order valence-corrected chi connectivity index (χ1v) is 7.06. The van der Waals surface area contributed by atoms with E-state index in [0.717, 1.165) is 4.47 Å². The van der Waals surface area contributed by atoms with Crippen molar-refractivity contribution in [3.63, 3.8) is 0 Å². The Morgan fingerprint density at radius 2 is 2.00 bits per heavy atom. The van der Waals surface area contributed by atoms with Crippen LogP contribution in [0.4, 0.5) is 0 Å². The van der Waals surface area contributed by atoms with Gasteiger partial charge in [-0.15, -0.1) is 0 Å². The second-order valence-electron chi connectivity index (χ2n) is 3.77. The van der Waals surface area contributed by atoms with Gasteiger partial charge in [-0.1, -0.05) is 0 Å². The minimum absolute atomic E-state index is 0.344. The minimum Gasteiger partial charge on any atom is -0.493 e. The number of aromatic nitrogens is 1. The Labute approximate surface area is 132 Å². The van der Waals surface area contributed by atoms with Crippen LogP contribution in [0, 0.1) is 0 Å². The molecule has 0 aliphatic heterocycles. The van der Waals surface area contributed by atoms with Crippen molar-refractivity contribution in [2.24, 2.45) is 5.73 Å². The van der Waals surface area contributed by atoms with Crippen molar-refractivity contribution >= 4 is 37.8 Å². The van der Waals surface area contributed by atoms with Crippen molar-refractivity contribution in [2.75, 3.05) is 7.11 Å². The van der Waals surface area contributed by atoms with Gasteiger partial charge in [-0.3, -0.25) is 4.79 Å². The SMILES string of the molecule is COc1cc(C(N)=O)ccc1Oc1ncc(Br)cc1Br. The maximum atomic E-state index is 11.1. The largest absolute Gasteiger partial charge is 0.493 e. The molecule has 0 saturated carbocycles. The van der Waals surface area contributed by atoms with Crippen molar-refractivity contribution in [1.29, 1.82) is 0 Å². The molecule has 0 unspecified atom stereocenters. The van der Waals surface area contributed by atoms with Crippen LogP contribution >= 0.6 is 31.9 Å². The number of carbonyl (C=O) groups excluding carboxylic acids is 1. The van der Waals surface area contributed by atoms with Crippen molar-refractivity contribution in [1.82, 2.24) is 4.98 Å². The summed E-state index contributed by atoms with van der Waals surface area (Å²) in [4.78, 5) is 15.3. The number of primary amides is 1. The van der Waals surface area contributed by atoms with Crippen molar-refractivity contribution in [2.45, 2.75) is 0 Å². The van der Waals surface area contributed by atoms with Gasteiger partial charge in [-0.25, -0.2) is 4.98 Å². The highest BCUT2D eigenvalue weighted by Gasteiger charge is 2.12. The molecule has 5 nitrogen and oxygen atoms in total. The van der Waals surface area contributed by atoms with Crippen molar-refractivity contribution in [3.05, 3.63) is 45.0 Å². The van der Waals surface area contributed by atoms with Crippen LogP contribution in [0.1, 0.15) is 10.4 Å². The van der Waals surface area contributed by atoms with Crippen LogP contribution in [-0.4, -0.2) is 18.0 Å². The Bertz CT molecular complexity index is 662. The number of pyridine rings is 1. The molecular weight excluding hydrogens is 392 g/mol. The van der Waals surface area contributed by atoms with Gasteiger partial charge in [0.1, 0.15) is 0 Å². The lowest BCUT2D eigenvalue weighted by Crippen LogP contribution is -2.10. The van der Waals surface area contributed by atoms with E-state index in [1.165, 1.54) is 13.2 Å². The van der Waals surface area contributed by atoms with Gasteiger partial charge >= 0.3 is 0 Å². The lowest BCUT2D eigenvalue weighted by Gasteiger charge is -2.11. The minimum atomic E-state index is -0.530. The third kappa shape index (κ3) is 3.29. The smallest absolute Gasteiger partial charge is 0.248 e. The van der Waals surface area contributed by atoms with E-state index in [1.54, 1.807) is 18.3 Å². The average Bonchev–Trinajstić information content (AvgIpc) is 2.42. The van der Waals surface area contributed by atoms with Gasteiger partial charge in [-0.05, 0) is 56.1 Å². The third-order valence-corrected chi connectivity index (χ3v) is 3.43. The van der Waals surface area contributed by atoms with Gasteiger partial charge in [0.2, 0.25) is 11.8 Å². The lowest BCUT2D eigenvalue weighted by molar-refractivity contribution is 0.1000. The van der Waals surface area contributed by atoms with E-state index in [-0.39, 0.29) is 0 Å². The highest BCUT2D eigenvalue weighted by atomic mass is 79.9. The fourth-order valence-corrected chi connectivity index (χ4v) is 2.55. The number of ether oxygens (including phenoxy) is 2. The summed E-state index contributed by atoms with van der Waals surface area (Å²) in [5.74, 6) is 0.696. The summed E-state index contributed by atoms with van der Waals surface area (Å²) in [6.45, 7) is 0. The summed E-state index contributed by atoms with van der Waals surface area (Å²) < 4.78 is 12.4. The Balaban J connectivity index is 2.35. The molecule has 2 N–H and O–H groups in total. The maximum absolute atomic E-state index is 11.1. The van der Waals surface area contributed by atoms with Crippen LogP contribution < -0.4 is 15.2 Å². The van der Waals surface area contributed by atoms with Crippen LogP contribution in [0.5, 0.6) is 17.4 Å². The molecule has 0 bridgehead atoms. The summed E-state index contributed by atoms with van der Waals surface area (Å²) in [6, 6.07) is 6.50. The van der Waals surface area contributed by atoms with Gasteiger partial charge in [0.05, 0.1) is 11.6 Å². The fourth-order valence-electron chi connectivity index (χ4n) is 1.49. The number of hydrogen-bond donors (Lipinski definition) is 1. The first kappa shape index (κ1) is 14.8.